The first-order chi connectivity index (χ1) is 12.1. The quantitative estimate of drug-likeness (QED) is 0.736. The maximum absolute atomic E-state index is 9.50. The van der Waals surface area contributed by atoms with Gasteiger partial charge in [0, 0.05) is 5.56 Å². The van der Waals surface area contributed by atoms with Gasteiger partial charge in [0.05, 0.1) is 14.2 Å². The lowest BCUT2D eigenvalue weighted by Crippen LogP contribution is -1.91. The molecule has 3 aromatic rings. The first-order valence-electron chi connectivity index (χ1n) is 7.33. The van der Waals surface area contributed by atoms with E-state index in [1.165, 1.54) is 0 Å². The summed E-state index contributed by atoms with van der Waals surface area (Å²) >= 11 is 6.24. The number of methoxy groups -OCH3 is 2. The largest absolute Gasteiger partial charge is 0.508 e. The molecule has 0 aliphatic rings. The molecule has 1 N–H and O–H groups in total. The van der Waals surface area contributed by atoms with Crippen molar-refractivity contribution in [3.05, 3.63) is 53.9 Å². The monoisotopic (exact) mass is 358 g/mol. The number of phenols is 1. The van der Waals surface area contributed by atoms with Crippen molar-refractivity contribution in [3.8, 4) is 28.6 Å². The predicted molar refractivity (Wildman–Crippen MR) is 94.7 cm³/mol. The van der Waals surface area contributed by atoms with Gasteiger partial charge >= 0.3 is 0 Å². The maximum atomic E-state index is 9.50. The Hall–Kier alpha value is -2.99. The van der Waals surface area contributed by atoms with Crippen LogP contribution in [0.2, 0.25) is 0 Å². The molecule has 0 saturated heterocycles. The van der Waals surface area contributed by atoms with Gasteiger partial charge in [-0.3, -0.25) is 0 Å². The highest BCUT2D eigenvalue weighted by molar-refractivity contribution is 6.50. The molecule has 0 amide bonds. The summed E-state index contributed by atoms with van der Waals surface area (Å²) in [5.74, 6) is 1.87. The van der Waals surface area contributed by atoms with E-state index >= 15 is 0 Å². The van der Waals surface area contributed by atoms with E-state index in [9.17, 15) is 5.11 Å². The van der Waals surface area contributed by atoms with Crippen LogP contribution in [-0.2, 0) is 0 Å². The molecule has 0 aliphatic carbocycles. The Morgan fingerprint density at radius 2 is 1.92 bits per heavy atom. The number of aromatic nitrogens is 2. The Morgan fingerprint density at radius 3 is 2.64 bits per heavy atom. The van der Waals surface area contributed by atoms with Crippen molar-refractivity contribution in [1.82, 2.24) is 10.1 Å². The number of benzene rings is 2. The average Bonchev–Trinajstić information content (AvgIpc) is 3.11. The number of aromatic hydroxyl groups is 1. The highest BCUT2D eigenvalue weighted by atomic mass is 35.5. The molecule has 128 valence electrons. The van der Waals surface area contributed by atoms with Crippen molar-refractivity contribution < 1.29 is 19.1 Å². The SMILES string of the molecule is COc1ccc(-c2noc(/C(Cl)=C/c3cccc(O)c3)n2)cc1OC. The zero-order valence-electron chi connectivity index (χ0n) is 13.6. The molecule has 0 saturated carbocycles. The van der Waals surface area contributed by atoms with Crippen LogP contribution < -0.4 is 9.47 Å². The van der Waals surface area contributed by atoms with Gasteiger partial charge in [-0.05, 0) is 42.0 Å². The van der Waals surface area contributed by atoms with E-state index in [2.05, 4.69) is 10.1 Å². The third-order valence-corrected chi connectivity index (χ3v) is 3.71. The van der Waals surface area contributed by atoms with E-state index in [4.69, 9.17) is 25.6 Å². The molecule has 3 rings (SSSR count). The number of hydrogen-bond donors (Lipinski definition) is 1. The minimum atomic E-state index is 0.148. The molecule has 0 radical (unpaired) electrons. The lowest BCUT2D eigenvalue weighted by atomic mass is 10.2. The molecule has 1 aromatic heterocycles. The van der Waals surface area contributed by atoms with E-state index in [1.54, 1.807) is 62.8 Å². The second-order valence-corrected chi connectivity index (χ2v) is 5.49. The zero-order valence-corrected chi connectivity index (χ0v) is 14.3. The van der Waals surface area contributed by atoms with Crippen LogP contribution in [0.4, 0.5) is 0 Å². The van der Waals surface area contributed by atoms with Gasteiger partial charge in [0.15, 0.2) is 11.5 Å². The number of ether oxygens (including phenoxy) is 2. The van der Waals surface area contributed by atoms with Crippen LogP contribution in [0.25, 0.3) is 22.5 Å². The molecule has 0 bridgehead atoms. The van der Waals surface area contributed by atoms with Crippen molar-refractivity contribution in [1.29, 1.82) is 0 Å². The van der Waals surface area contributed by atoms with Crippen molar-refractivity contribution in [2.75, 3.05) is 14.2 Å². The van der Waals surface area contributed by atoms with Gasteiger partial charge in [0.25, 0.3) is 5.89 Å². The minimum Gasteiger partial charge on any atom is -0.508 e. The van der Waals surface area contributed by atoms with Crippen LogP contribution in [0.5, 0.6) is 17.2 Å². The molecule has 0 unspecified atom stereocenters. The summed E-state index contributed by atoms with van der Waals surface area (Å²) < 4.78 is 15.7. The molecule has 0 spiro atoms. The van der Waals surface area contributed by atoms with Crippen LogP contribution in [-0.4, -0.2) is 29.5 Å². The lowest BCUT2D eigenvalue weighted by molar-refractivity contribution is 0.355. The van der Waals surface area contributed by atoms with Crippen molar-refractivity contribution >= 4 is 22.7 Å². The van der Waals surface area contributed by atoms with Crippen molar-refractivity contribution in [2.24, 2.45) is 0 Å². The third kappa shape index (κ3) is 3.75. The Morgan fingerprint density at radius 1 is 1.12 bits per heavy atom. The first kappa shape index (κ1) is 16.9. The number of hydrogen-bond acceptors (Lipinski definition) is 6. The van der Waals surface area contributed by atoms with E-state index in [0.717, 1.165) is 5.56 Å². The van der Waals surface area contributed by atoms with Crippen LogP contribution in [0.15, 0.2) is 47.0 Å². The van der Waals surface area contributed by atoms with Crippen molar-refractivity contribution in [3.63, 3.8) is 0 Å². The molecular formula is C18H15ClN2O4. The van der Waals surface area contributed by atoms with Gasteiger partial charge in [0.1, 0.15) is 10.8 Å². The van der Waals surface area contributed by atoms with Gasteiger partial charge in [0.2, 0.25) is 5.82 Å². The average molecular weight is 359 g/mol. The van der Waals surface area contributed by atoms with Gasteiger partial charge in [-0.1, -0.05) is 28.9 Å². The summed E-state index contributed by atoms with van der Waals surface area (Å²) in [4.78, 5) is 4.29. The number of phenolic OH excluding ortho intramolecular Hbond substituents is 1. The fourth-order valence-electron chi connectivity index (χ4n) is 2.24. The van der Waals surface area contributed by atoms with Gasteiger partial charge < -0.3 is 19.1 Å². The number of halogens is 1. The smallest absolute Gasteiger partial charge is 0.269 e. The molecule has 6 nitrogen and oxygen atoms in total. The van der Waals surface area contributed by atoms with Crippen LogP contribution in [0, 0.1) is 0 Å². The van der Waals surface area contributed by atoms with E-state index in [-0.39, 0.29) is 16.7 Å². The van der Waals surface area contributed by atoms with E-state index in [1.807, 2.05) is 0 Å². The predicted octanol–water partition coefficient (Wildman–Crippen LogP) is 4.20. The molecule has 0 atom stereocenters. The maximum Gasteiger partial charge on any atom is 0.269 e. The summed E-state index contributed by atoms with van der Waals surface area (Å²) in [5, 5.41) is 13.7. The summed E-state index contributed by atoms with van der Waals surface area (Å²) in [6.45, 7) is 0. The first-order valence-corrected chi connectivity index (χ1v) is 7.71. The summed E-state index contributed by atoms with van der Waals surface area (Å²) in [6.07, 6.45) is 1.63. The fraction of sp³-hybridized carbons (Fsp3) is 0.111. The fourth-order valence-corrected chi connectivity index (χ4v) is 2.44. The Kier molecular flexibility index (Phi) is 4.90. The van der Waals surface area contributed by atoms with E-state index in [0.29, 0.717) is 22.9 Å². The van der Waals surface area contributed by atoms with Crippen LogP contribution in [0.1, 0.15) is 11.5 Å². The van der Waals surface area contributed by atoms with Gasteiger partial charge in [-0.25, -0.2) is 0 Å². The topological polar surface area (TPSA) is 77.6 Å². The molecule has 0 fully saturated rings. The lowest BCUT2D eigenvalue weighted by Gasteiger charge is -2.07. The summed E-state index contributed by atoms with van der Waals surface area (Å²) in [6, 6.07) is 12.0. The minimum absolute atomic E-state index is 0.148. The van der Waals surface area contributed by atoms with E-state index < -0.39 is 0 Å². The van der Waals surface area contributed by atoms with Crippen molar-refractivity contribution in [2.45, 2.75) is 0 Å². The van der Waals surface area contributed by atoms with Crippen LogP contribution in [0.3, 0.4) is 0 Å². The summed E-state index contributed by atoms with van der Waals surface area (Å²) in [5.41, 5.74) is 1.42. The molecule has 25 heavy (non-hydrogen) atoms. The molecule has 0 aliphatic heterocycles. The molecule has 2 aromatic carbocycles. The third-order valence-electron chi connectivity index (χ3n) is 3.44. The Balaban J connectivity index is 1.89. The van der Waals surface area contributed by atoms with Gasteiger partial charge in [-0.2, -0.15) is 4.98 Å². The highest BCUT2D eigenvalue weighted by Gasteiger charge is 2.14. The molecule has 1 heterocycles. The van der Waals surface area contributed by atoms with Gasteiger partial charge in [-0.15, -0.1) is 0 Å². The second-order valence-electron chi connectivity index (χ2n) is 5.08. The Labute approximate surface area is 149 Å². The normalized spacial score (nSPS) is 11.4. The number of rotatable bonds is 5. The number of nitrogens with zero attached hydrogens (tertiary/aromatic N) is 2. The highest BCUT2D eigenvalue weighted by Crippen LogP contribution is 2.32. The zero-order chi connectivity index (χ0) is 17.8. The van der Waals surface area contributed by atoms with Crippen LogP contribution >= 0.6 is 11.6 Å². The second kappa shape index (κ2) is 7.27. The Bertz CT molecular complexity index is 921. The molecule has 7 heteroatoms. The standard InChI is InChI=1S/C18H15ClN2O4/c1-23-15-7-6-12(10-16(15)24-2)17-20-18(25-21-17)14(19)9-11-4-3-5-13(22)8-11/h3-10,22H,1-2H3/b14-9-. The molecular weight excluding hydrogens is 344 g/mol. The summed E-state index contributed by atoms with van der Waals surface area (Å²) in [7, 11) is 3.12.